The first kappa shape index (κ1) is 11.2. The highest BCUT2D eigenvalue weighted by atomic mass is 32.2. The number of anilines is 1. The lowest BCUT2D eigenvalue weighted by Gasteiger charge is -2.17. The van der Waals surface area contributed by atoms with Crippen molar-refractivity contribution in [3.8, 4) is 0 Å². The molecular formula is C11H12N2O2S. The van der Waals surface area contributed by atoms with Crippen LogP contribution in [0.25, 0.3) is 0 Å². The topological polar surface area (TPSA) is 58.2 Å². The van der Waals surface area contributed by atoms with Crippen molar-refractivity contribution in [2.75, 3.05) is 17.6 Å². The van der Waals surface area contributed by atoms with E-state index in [1.807, 2.05) is 18.2 Å². The highest BCUT2D eigenvalue weighted by Gasteiger charge is 2.14. The average molecular weight is 236 g/mol. The molecule has 0 saturated heterocycles. The van der Waals surface area contributed by atoms with E-state index in [0.29, 0.717) is 18.8 Å². The van der Waals surface area contributed by atoms with Gasteiger partial charge in [0.2, 0.25) is 5.91 Å². The van der Waals surface area contributed by atoms with Gasteiger partial charge in [0, 0.05) is 11.4 Å². The third-order valence-electron chi connectivity index (χ3n) is 2.23. The summed E-state index contributed by atoms with van der Waals surface area (Å²) < 4.78 is 0. The van der Waals surface area contributed by atoms with Gasteiger partial charge < -0.3 is 15.4 Å². The number of thioether (sulfide) groups is 1. The number of carbonyl (C=O) groups excluding carboxylic acids is 2. The summed E-state index contributed by atoms with van der Waals surface area (Å²) in [6.45, 7) is 0.977. The predicted molar refractivity (Wildman–Crippen MR) is 63.6 cm³/mol. The zero-order valence-electron chi connectivity index (χ0n) is 8.66. The number of aldehydes is 1. The molecule has 1 amide bonds. The van der Waals surface area contributed by atoms with Crippen molar-refractivity contribution in [2.45, 2.75) is 11.4 Å². The molecule has 84 valence electrons. The van der Waals surface area contributed by atoms with E-state index in [9.17, 15) is 9.59 Å². The van der Waals surface area contributed by atoms with E-state index in [1.165, 1.54) is 0 Å². The molecule has 2 rings (SSSR count). The van der Waals surface area contributed by atoms with Crippen LogP contribution in [0.5, 0.6) is 0 Å². The monoisotopic (exact) mass is 236 g/mol. The molecule has 1 aromatic rings. The first-order valence-corrected chi connectivity index (χ1v) is 5.98. The van der Waals surface area contributed by atoms with Crippen molar-refractivity contribution in [1.82, 2.24) is 5.32 Å². The summed E-state index contributed by atoms with van der Waals surface area (Å²) in [6, 6.07) is 5.94. The predicted octanol–water partition coefficient (Wildman–Crippen LogP) is 1.02. The number of carbonyl (C=O) groups is 2. The molecule has 0 spiro atoms. The van der Waals surface area contributed by atoms with Crippen molar-refractivity contribution in [1.29, 1.82) is 0 Å². The van der Waals surface area contributed by atoms with E-state index >= 15 is 0 Å². The van der Waals surface area contributed by atoms with Gasteiger partial charge >= 0.3 is 0 Å². The summed E-state index contributed by atoms with van der Waals surface area (Å²) in [6.07, 6.45) is 0.829. The van der Waals surface area contributed by atoms with Crippen LogP contribution in [0.1, 0.15) is 5.56 Å². The lowest BCUT2D eigenvalue weighted by molar-refractivity contribution is -0.114. The molecule has 0 fully saturated rings. The Morgan fingerprint density at radius 2 is 2.38 bits per heavy atom. The molecule has 0 aromatic heterocycles. The summed E-state index contributed by atoms with van der Waals surface area (Å²) in [5.41, 5.74) is 1.93. The second kappa shape index (κ2) is 5.14. The lowest BCUT2D eigenvalue weighted by atomic mass is 10.2. The van der Waals surface area contributed by atoms with Crippen LogP contribution in [0.4, 0.5) is 5.69 Å². The van der Waals surface area contributed by atoms with Gasteiger partial charge in [-0.1, -0.05) is 6.07 Å². The number of hydrogen-bond acceptors (Lipinski definition) is 4. The number of hydrogen-bond donors (Lipinski definition) is 2. The minimum atomic E-state index is 0.0375. The van der Waals surface area contributed by atoms with Crippen molar-refractivity contribution >= 4 is 29.6 Å². The minimum Gasteiger partial charge on any atom is -0.324 e. The van der Waals surface area contributed by atoms with Crippen LogP contribution in [0, 0.1) is 0 Å². The maximum atomic E-state index is 11.2. The molecule has 4 nitrogen and oxygen atoms in total. The fourth-order valence-corrected chi connectivity index (χ4v) is 2.30. The molecule has 1 aliphatic rings. The first-order chi connectivity index (χ1) is 7.79. The summed E-state index contributed by atoms with van der Waals surface area (Å²) in [5, 5.41) is 5.82. The van der Waals surface area contributed by atoms with Crippen molar-refractivity contribution in [3.63, 3.8) is 0 Å². The third kappa shape index (κ3) is 2.62. The summed E-state index contributed by atoms with van der Waals surface area (Å²) in [4.78, 5) is 22.4. The van der Waals surface area contributed by atoms with Gasteiger partial charge in [0.05, 0.1) is 18.0 Å². The Morgan fingerprint density at radius 1 is 1.50 bits per heavy atom. The van der Waals surface area contributed by atoms with Gasteiger partial charge in [0.1, 0.15) is 6.29 Å². The Labute approximate surface area is 97.8 Å². The number of benzene rings is 1. The van der Waals surface area contributed by atoms with E-state index in [2.05, 4.69) is 10.6 Å². The quantitative estimate of drug-likeness (QED) is 0.605. The van der Waals surface area contributed by atoms with E-state index in [0.717, 1.165) is 22.4 Å². The van der Waals surface area contributed by atoms with Crippen molar-refractivity contribution in [2.24, 2.45) is 0 Å². The number of fused-ring (bicyclic) bond motifs is 1. The summed E-state index contributed by atoms with van der Waals surface area (Å²) in [7, 11) is 0. The maximum absolute atomic E-state index is 11.2. The Bertz CT molecular complexity index is 420. The fourth-order valence-electron chi connectivity index (χ4n) is 1.52. The molecule has 0 atom stereocenters. The van der Waals surface area contributed by atoms with Gasteiger partial charge in [-0.2, -0.15) is 0 Å². The standard InChI is InChI=1S/C11H12N2O2S/c14-4-3-12-6-8-1-2-10-9(5-8)13-11(15)7-16-10/h1-2,4-5,12H,3,6-7H2,(H,13,15). The zero-order valence-corrected chi connectivity index (χ0v) is 9.47. The third-order valence-corrected chi connectivity index (χ3v) is 3.31. The normalized spacial score (nSPS) is 14.1. The maximum Gasteiger partial charge on any atom is 0.234 e. The molecule has 0 aliphatic carbocycles. The molecular weight excluding hydrogens is 224 g/mol. The molecule has 0 radical (unpaired) electrons. The minimum absolute atomic E-state index is 0.0375. The van der Waals surface area contributed by atoms with E-state index < -0.39 is 0 Å². The van der Waals surface area contributed by atoms with Crippen LogP contribution in [-0.2, 0) is 16.1 Å². The highest BCUT2D eigenvalue weighted by molar-refractivity contribution is 8.00. The second-order valence-corrected chi connectivity index (χ2v) is 4.48. The Kier molecular flexibility index (Phi) is 3.58. The molecule has 0 saturated carbocycles. The van der Waals surface area contributed by atoms with Crippen LogP contribution in [0.2, 0.25) is 0 Å². The first-order valence-electron chi connectivity index (χ1n) is 4.99. The van der Waals surface area contributed by atoms with Crippen LogP contribution in [0.3, 0.4) is 0 Å². The molecule has 2 N–H and O–H groups in total. The van der Waals surface area contributed by atoms with Gasteiger partial charge in [-0.05, 0) is 17.7 Å². The SMILES string of the molecule is O=CCNCc1ccc2c(c1)NC(=O)CS2. The van der Waals surface area contributed by atoms with Gasteiger partial charge in [-0.3, -0.25) is 4.79 Å². The number of nitrogens with one attached hydrogen (secondary N) is 2. The smallest absolute Gasteiger partial charge is 0.234 e. The van der Waals surface area contributed by atoms with E-state index in [1.54, 1.807) is 11.8 Å². The molecule has 0 unspecified atom stereocenters. The molecule has 5 heteroatoms. The zero-order chi connectivity index (χ0) is 11.4. The van der Waals surface area contributed by atoms with Gasteiger partial charge in [0.25, 0.3) is 0 Å². The van der Waals surface area contributed by atoms with E-state index in [-0.39, 0.29) is 5.91 Å². The molecule has 1 heterocycles. The average Bonchev–Trinajstić information content (AvgIpc) is 2.29. The van der Waals surface area contributed by atoms with Crippen LogP contribution < -0.4 is 10.6 Å². The Morgan fingerprint density at radius 3 is 3.19 bits per heavy atom. The Hall–Kier alpha value is -1.33. The molecule has 1 aromatic carbocycles. The van der Waals surface area contributed by atoms with E-state index in [4.69, 9.17) is 0 Å². The van der Waals surface area contributed by atoms with Gasteiger partial charge in [-0.25, -0.2) is 0 Å². The van der Waals surface area contributed by atoms with Crippen LogP contribution in [0.15, 0.2) is 23.1 Å². The summed E-state index contributed by atoms with van der Waals surface area (Å²) in [5.74, 6) is 0.519. The number of rotatable bonds is 4. The van der Waals surface area contributed by atoms with Crippen LogP contribution >= 0.6 is 11.8 Å². The number of amides is 1. The van der Waals surface area contributed by atoms with Gasteiger partial charge in [-0.15, -0.1) is 11.8 Å². The molecule has 16 heavy (non-hydrogen) atoms. The van der Waals surface area contributed by atoms with Crippen LogP contribution in [-0.4, -0.2) is 24.5 Å². The van der Waals surface area contributed by atoms with Crippen molar-refractivity contribution < 1.29 is 9.59 Å². The lowest BCUT2D eigenvalue weighted by Crippen LogP contribution is -2.19. The molecule has 1 aliphatic heterocycles. The fraction of sp³-hybridized carbons (Fsp3) is 0.273. The largest absolute Gasteiger partial charge is 0.324 e. The highest BCUT2D eigenvalue weighted by Crippen LogP contribution is 2.31. The molecule has 0 bridgehead atoms. The Balaban J connectivity index is 2.08. The second-order valence-electron chi connectivity index (χ2n) is 3.46. The van der Waals surface area contributed by atoms with Gasteiger partial charge in [0.15, 0.2) is 0 Å². The van der Waals surface area contributed by atoms with Crippen molar-refractivity contribution in [3.05, 3.63) is 23.8 Å². The summed E-state index contributed by atoms with van der Waals surface area (Å²) >= 11 is 1.55.